The Morgan fingerprint density at radius 2 is 1.81 bits per heavy atom. The number of benzene rings is 2. The molecule has 0 aliphatic carbocycles. The molecule has 1 aliphatic rings. The molecule has 0 aromatic heterocycles. The van der Waals surface area contributed by atoms with Crippen molar-refractivity contribution in [2.45, 2.75) is 0 Å². The highest BCUT2D eigenvalue weighted by atomic mass is 79.9. The number of amidine groups is 1. The maximum atomic E-state index is 12.2. The topological polar surface area (TPSA) is 59.9 Å². The lowest BCUT2D eigenvalue weighted by molar-refractivity contribution is -0.115. The van der Waals surface area contributed by atoms with Crippen molar-refractivity contribution in [2.75, 3.05) is 14.2 Å². The van der Waals surface area contributed by atoms with E-state index in [0.717, 1.165) is 10.0 Å². The van der Waals surface area contributed by atoms with E-state index in [4.69, 9.17) is 21.1 Å². The number of methoxy groups -OCH3 is 2. The van der Waals surface area contributed by atoms with Gasteiger partial charge in [-0.2, -0.15) is 0 Å². The number of carbonyl (C=O) groups excluding carboxylic acids is 1. The standard InChI is InChI=1S/C18H14BrClN2O3S/c1-24-14-7-10(13(19)9-15(14)25-2)8-16-17(23)22-18(26-16)21-12-5-3-11(20)4-6-12/h3-9H,1-2H3,(H,21,22,23)/b16-8-. The molecule has 0 spiro atoms. The fraction of sp³-hybridized carbons (Fsp3) is 0.111. The van der Waals surface area contributed by atoms with Crippen LogP contribution in [0, 0.1) is 0 Å². The summed E-state index contributed by atoms with van der Waals surface area (Å²) in [6.07, 6.45) is 1.77. The second-order valence-corrected chi connectivity index (χ2v) is 7.51. The van der Waals surface area contributed by atoms with E-state index in [0.29, 0.717) is 32.3 Å². The van der Waals surface area contributed by atoms with Crippen LogP contribution in [0.1, 0.15) is 5.56 Å². The molecular formula is C18H14BrClN2O3S. The summed E-state index contributed by atoms with van der Waals surface area (Å²) >= 11 is 10.6. The van der Waals surface area contributed by atoms with Crippen molar-refractivity contribution in [3.8, 4) is 11.5 Å². The number of nitrogens with zero attached hydrogens (tertiary/aromatic N) is 1. The molecule has 3 rings (SSSR count). The Kier molecular flexibility index (Phi) is 5.90. The van der Waals surface area contributed by atoms with E-state index in [-0.39, 0.29) is 5.91 Å². The predicted molar refractivity (Wildman–Crippen MR) is 110 cm³/mol. The summed E-state index contributed by atoms with van der Waals surface area (Å²) in [5.41, 5.74) is 1.51. The molecule has 1 amide bonds. The number of nitrogens with one attached hydrogen (secondary N) is 1. The van der Waals surface area contributed by atoms with Crippen LogP contribution >= 0.6 is 39.3 Å². The lowest BCUT2D eigenvalue weighted by Crippen LogP contribution is -2.19. The van der Waals surface area contributed by atoms with E-state index in [1.807, 2.05) is 0 Å². The van der Waals surface area contributed by atoms with Gasteiger partial charge in [-0.3, -0.25) is 4.79 Å². The van der Waals surface area contributed by atoms with Gasteiger partial charge in [0.1, 0.15) is 0 Å². The van der Waals surface area contributed by atoms with Gasteiger partial charge in [-0.15, -0.1) is 0 Å². The van der Waals surface area contributed by atoms with Gasteiger partial charge in [-0.1, -0.05) is 27.5 Å². The number of halogens is 2. The molecule has 0 bridgehead atoms. The Labute approximate surface area is 168 Å². The average Bonchev–Trinajstić information content (AvgIpc) is 2.97. The number of rotatable bonds is 4. The molecule has 134 valence electrons. The molecule has 1 N–H and O–H groups in total. The van der Waals surface area contributed by atoms with Crippen molar-refractivity contribution >= 4 is 62.1 Å². The minimum atomic E-state index is -0.204. The van der Waals surface area contributed by atoms with Crippen molar-refractivity contribution in [1.29, 1.82) is 0 Å². The summed E-state index contributed by atoms with van der Waals surface area (Å²) in [5.74, 6) is 0.987. The molecule has 5 nitrogen and oxygen atoms in total. The third-order valence-corrected chi connectivity index (χ3v) is 5.35. The molecule has 26 heavy (non-hydrogen) atoms. The minimum Gasteiger partial charge on any atom is -0.493 e. The minimum absolute atomic E-state index is 0.204. The molecule has 8 heteroatoms. The number of hydrogen-bond acceptors (Lipinski definition) is 5. The van der Waals surface area contributed by atoms with Gasteiger partial charge in [0.15, 0.2) is 16.7 Å². The van der Waals surface area contributed by atoms with E-state index in [1.165, 1.54) is 11.8 Å². The van der Waals surface area contributed by atoms with Crippen LogP contribution in [0.15, 0.2) is 50.8 Å². The molecule has 0 atom stereocenters. The van der Waals surface area contributed by atoms with Gasteiger partial charge in [0.25, 0.3) is 5.91 Å². The molecule has 0 saturated carbocycles. The van der Waals surface area contributed by atoms with Crippen LogP contribution in [-0.2, 0) is 4.79 Å². The van der Waals surface area contributed by atoms with E-state index < -0.39 is 0 Å². The fourth-order valence-electron chi connectivity index (χ4n) is 2.24. The van der Waals surface area contributed by atoms with Crippen molar-refractivity contribution in [3.05, 3.63) is 56.4 Å². The Hall–Kier alpha value is -1.96. The molecule has 2 aromatic carbocycles. The normalized spacial score (nSPS) is 16.8. The predicted octanol–water partition coefficient (Wildman–Crippen LogP) is 5.01. The Morgan fingerprint density at radius 3 is 2.46 bits per heavy atom. The van der Waals surface area contributed by atoms with Crippen molar-refractivity contribution in [1.82, 2.24) is 5.32 Å². The Balaban J connectivity index is 1.88. The monoisotopic (exact) mass is 452 g/mol. The van der Waals surface area contributed by atoms with Crippen LogP contribution in [0.25, 0.3) is 6.08 Å². The van der Waals surface area contributed by atoms with Gasteiger partial charge in [-0.05, 0) is 59.8 Å². The highest BCUT2D eigenvalue weighted by Gasteiger charge is 2.24. The highest BCUT2D eigenvalue weighted by molar-refractivity contribution is 9.10. The average molecular weight is 454 g/mol. The van der Waals surface area contributed by atoms with E-state index >= 15 is 0 Å². The molecule has 2 aromatic rings. The van der Waals surface area contributed by atoms with Crippen molar-refractivity contribution in [3.63, 3.8) is 0 Å². The lowest BCUT2D eigenvalue weighted by Gasteiger charge is -2.10. The Morgan fingerprint density at radius 1 is 1.15 bits per heavy atom. The number of carbonyl (C=O) groups is 1. The zero-order valence-electron chi connectivity index (χ0n) is 13.9. The number of hydrogen-bond donors (Lipinski definition) is 1. The summed E-state index contributed by atoms with van der Waals surface area (Å²) in [5, 5.41) is 3.91. The Bertz CT molecular complexity index is 913. The van der Waals surface area contributed by atoms with Crippen LogP contribution < -0.4 is 14.8 Å². The van der Waals surface area contributed by atoms with Gasteiger partial charge < -0.3 is 14.8 Å². The zero-order valence-corrected chi connectivity index (χ0v) is 17.0. The van der Waals surface area contributed by atoms with Crippen LogP contribution in [-0.4, -0.2) is 25.3 Å². The number of amides is 1. The fourth-order valence-corrected chi connectivity index (χ4v) is 3.63. The van der Waals surface area contributed by atoms with Crippen molar-refractivity contribution < 1.29 is 14.3 Å². The molecule has 1 fully saturated rings. The third-order valence-electron chi connectivity index (χ3n) is 3.50. The molecular weight excluding hydrogens is 440 g/mol. The van der Waals surface area contributed by atoms with Gasteiger partial charge >= 0.3 is 0 Å². The quantitative estimate of drug-likeness (QED) is 0.661. The third kappa shape index (κ3) is 4.23. The second kappa shape index (κ2) is 8.16. The van der Waals surface area contributed by atoms with E-state index in [2.05, 4.69) is 26.2 Å². The van der Waals surface area contributed by atoms with Gasteiger partial charge in [0.05, 0.1) is 24.8 Å². The molecule has 1 saturated heterocycles. The summed E-state index contributed by atoms with van der Waals surface area (Å²) in [4.78, 5) is 17.2. The summed E-state index contributed by atoms with van der Waals surface area (Å²) in [6.45, 7) is 0. The smallest absolute Gasteiger partial charge is 0.264 e. The molecule has 0 radical (unpaired) electrons. The molecule has 0 unspecified atom stereocenters. The number of thioether (sulfide) groups is 1. The van der Waals surface area contributed by atoms with Crippen molar-refractivity contribution in [2.24, 2.45) is 4.99 Å². The van der Waals surface area contributed by atoms with Crippen LogP contribution in [0.5, 0.6) is 11.5 Å². The molecule has 1 heterocycles. The van der Waals surface area contributed by atoms with E-state index in [9.17, 15) is 4.79 Å². The lowest BCUT2D eigenvalue weighted by atomic mass is 10.2. The maximum absolute atomic E-state index is 12.2. The first-order valence-corrected chi connectivity index (χ1v) is 9.45. The highest BCUT2D eigenvalue weighted by Crippen LogP contribution is 2.36. The first-order valence-electron chi connectivity index (χ1n) is 7.47. The van der Waals surface area contributed by atoms with Gasteiger partial charge in [-0.25, -0.2) is 4.99 Å². The van der Waals surface area contributed by atoms with Crippen LogP contribution in [0.2, 0.25) is 5.02 Å². The number of ether oxygens (including phenoxy) is 2. The zero-order chi connectivity index (χ0) is 18.7. The van der Waals surface area contributed by atoms with Gasteiger partial charge in [0, 0.05) is 9.50 Å². The summed E-state index contributed by atoms with van der Waals surface area (Å²) < 4.78 is 11.4. The van der Waals surface area contributed by atoms with Gasteiger partial charge in [0.2, 0.25) is 0 Å². The largest absolute Gasteiger partial charge is 0.493 e. The summed E-state index contributed by atoms with van der Waals surface area (Å²) in [6, 6.07) is 10.7. The van der Waals surface area contributed by atoms with E-state index in [1.54, 1.807) is 56.7 Å². The van der Waals surface area contributed by atoms with Crippen LogP contribution in [0.3, 0.4) is 0 Å². The molecule has 1 aliphatic heterocycles. The second-order valence-electron chi connectivity index (χ2n) is 5.19. The first-order chi connectivity index (χ1) is 12.5. The maximum Gasteiger partial charge on any atom is 0.264 e. The van der Waals surface area contributed by atoms with Crippen LogP contribution in [0.4, 0.5) is 5.69 Å². The SMILES string of the molecule is COc1cc(Br)c(/C=C2\SC(=Nc3ccc(Cl)cc3)NC2=O)cc1OC. The number of aliphatic imine (C=N–C) groups is 1. The first kappa shape index (κ1) is 18.8. The summed E-state index contributed by atoms with van der Waals surface area (Å²) in [7, 11) is 3.14.